The van der Waals surface area contributed by atoms with Crippen molar-refractivity contribution in [3.05, 3.63) is 0 Å². The normalized spacial score (nSPS) is 11.7. The maximum Gasteiger partial charge on any atom is 1.00 e. The molecule has 0 aromatic rings. The molecule has 0 bridgehead atoms. The average molecular weight is 420 g/mol. The fourth-order valence-electron chi connectivity index (χ4n) is 2.09. The second-order valence-corrected chi connectivity index (χ2v) is 7.89. The zero-order chi connectivity index (χ0) is 19.9. The van der Waals surface area contributed by atoms with Crippen LogP contribution >= 0.6 is 0 Å². The summed E-state index contributed by atoms with van der Waals surface area (Å²) in [5.41, 5.74) is 0. The largest absolute Gasteiger partial charge is 1.00 e. The molecule has 1 N–H and O–H groups in total. The number of hydrogen-bond acceptors (Lipinski definition) is 7. The van der Waals surface area contributed by atoms with Crippen LogP contribution in [0.25, 0.3) is 0 Å². The number of unbranched alkanes of at least 4 members (excludes halogenated alkanes) is 4. The van der Waals surface area contributed by atoms with Crippen molar-refractivity contribution in [1.82, 2.24) is 5.32 Å². The Balaban J connectivity index is 0. The van der Waals surface area contributed by atoms with Gasteiger partial charge >= 0.3 is 35.7 Å². The maximum atomic E-state index is 11.7. The van der Waals surface area contributed by atoms with Gasteiger partial charge in [-0.05, 0) is 26.2 Å². The first-order chi connectivity index (χ1) is 12.2. The van der Waals surface area contributed by atoms with Gasteiger partial charge in [-0.25, -0.2) is 13.2 Å². The van der Waals surface area contributed by atoms with Gasteiger partial charge in [0.25, 0.3) is 0 Å². The second kappa shape index (κ2) is 17.0. The van der Waals surface area contributed by atoms with Crippen LogP contribution in [0, 0.1) is 0 Å². The SMILES string of the molecule is CCCCCOC(C)(COC(=O)NCCCS(=O)(=O)[O-])OCCCCC.[Na+]. The van der Waals surface area contributed by atoms with Crippen molar-refractivity contribution in [2.24, 2.45) is 0 Å². The number of alkyl carbamates (subject to hydrolysis) is 1. The van der Waals surface area contributed by atoms with E-state index in [0.29, 0.717) is 13.2 Å². The molecule has 0 radical (unpaired) electrons. The molecular formula is C17H34NNaO7S. The van der Waals surface area contributed by atoms with Gasteiger partial charge in [0, 0.05) is 12.3 Å². The molecule has 0 spiro atoms. The van der Waals surface area contributed by atoms with Gasteiger partial charge in [0.05, 0.1) is 23.3 Å². The number of ether oxygens (including phenoxy) is 3. The molecule has 0 fully saturated rings. The number of amides is 1. The van der Waals surface area contributed by atoms with E-state index >= 15 is 0 Å². The molecule has 8 nitrogen and oxygen atoms in total. The minimum absolute atomic E-state index is 0. The first-order valence-corrected chi connectivity index (χ1v) is 10.9. The van der Waals surface area contributed by atoms with Gasteiger partial charge in [0.1, 0.15) is 6.61 Å². The first-order valence-electron chi connectivity index (χ1n) is 9.34. The molecule has 0 saturated carbocycles. The number of carbonyl (C=O) groups is 1. The van der Waals surface area contributed by atoms with Crippen molar-refractivity contribution in [3.8, 4) is 0 Å². The Kier molecular flexibility index (Phi) is 18.5. The van der Waals surface area contributed by atoms with Crippen molar-refractivity contribution >= 4 is 16.2 Å². The minimum Gasteiger partial charge on any atom is -0.748 e. The molecular weight excluding hydrogens is 385 g/mol. The summed E-state index contributed by atoms with van der Waals surface area (Å²) in [5, 5.41) is 2.41. The molecule has 0 atom stereocenters. The summed E-state index contributed by atoms with van der Waals surface area (Å²) in [7, 11) is -4.27. The van der Waals surface area contributed by atoms with Crippen LogP contribution in [-0.2, 0) is 24.3 Å². The maximum absolute atomic E-state index is 11.7. The zero-order valence-electron chi connectivity index (χ0n) is 17.3. The minimum atomic E-state index is -4.27. The van der Waals surface area contributed by atoms with E-state index in [0.717, 1.165) is 38.5 Å². The van der Waals surface area contributed by atoms with E-state index in [1.807, 2.05) is 0 Å². The fraction of sp³-hybridized carbons (Fsp3) is 0.941. The van der Waals surface area contributed by atoms with Crippen molar-refractivity contribution in [2.75, 3.05) is 32.1 Å². The van der Waals surface area contributed by atoms with Gasteiger partial charge in [0.2, 0.25) is 0 Å². The van der Waals surface area contributed by atoms with Gasteiger partial charge < -0.3 is 24.1 Å². The fourth-order valence-corrected chi connectivity index (χ4v) is 2.59. The van der Waals surface area contributed by atoms with E-state index < -0.39 is 27.8 Å². The third kappa shape index (κ3) is 19.2. The van der Waals surface area contributed by atoms with Crippen LogP contribution in [0.15, 0.2) is 0 Å². The molecule has 156 valence electrons. The Hall–Kier alpha value is 0.1000. The van der Waals surface area contributed by atoms with Crippen molar-refractivity contribution < 1.29 is 61.5 Å². The zero-order valence-corrected chi connectivity index (χ0v) is 20.1. The number of rotatable bonds is 16. The number of hydrogen-bond donors (Lipinski definition) is 1. The van der Waals surface area contributed by atoms with Gasteiger partial charge in [-0.2, -0.15) is 0 Å². The predicted molar refractivity (Wildman–Crippen MR) is 97.9 cm³/mol. The predicted octanol–water partition coefficient (Wildman–Crippen LogP) is -0.218. The van der Waals surface area contributed by atoms with Crippen LogP contribution in [0.1, 0.15) is 65.7 Å². The van der Waals surface area contributed by atoms with Gasteiger partial charge in [-0.1, -0.05) is 39.5 Å². The molecule has 0 heterocycles. The molecule has 1 amide bonds. The molecule has 0 aromatic carbocycles. The summed E-state index contributed by atoms with van der Waals surface area (Å²) in [6, 6.07) is 0. The summed E-state index contributed by atoms with van der Waals surface area (Å²) in [4.78, 5) is 11.7. The van der Waals surface area contributed by atoms with E-state index in [1.165, 1.54) is 0 Å². The average Bonchev–Trinajstić information content (AvgIpc) is 2.57. The first kappa shape index (κ1) is 29.3. The van der Waals surface area contributed by atoms with Crippen LogP contribution in [-0.4, -0.2) is 57.0 Å². The Morgan fingerprint density at radius 3 is 1.96 bits per heavy atom. The third-order valence-electron chi connectivity index (χ3n) is 3.62. The Morgan fingerprint density at radius 2 is 1.52 bits per heavy atom. The molecule has 0 aliphatic rings. The smallest absolute Gasteiger partial charge is 0.748 e. The van der Waals surface area contributed by atoms with Crippen LogP contribution in [0.2, 0.25) is 0 Å². The second-order valence-electron chi connectivity index (χ2n) is 6.36. The molecule has 0 aromatic heterocycles. The number of nitrogens with one attached hydrogen (secondary N) is 1. The quantitative estimate of drug-likeness (QED) is 0.159. The van der Waals surface area contributed by atoms with Crippen LogP contribution in [0.3, 0.4) is 0 Å². The number of carbonyl (C=O) groups excluding carboxylic acids is 1. The topological polar surface area (TPSA) is 114 Å². The summed E-state index contributed by atoms with van der Waals surface area (Å²) in [5.74, 6) is -1.54. The summed E-state index contributed by atoms with van der Waals surface area (Å²) in [6.45, 7) is 6.96. The Labute approximate surface area is 186 Å². The monoisotopic (exact) mass is 419 g/mol. The molecule has 0 unspecified atom stereocenters. The van der Waals surface area contributed by atoms with Crippen molar-refractivity contribution in [1.29, 1.82) is 0 Å². The van der Waals surface area contributed by atoms with Gasteiger partial charge in [-0.3, -0.25) is 0 Å². The molecule has 0 rings (SSSR count). The molecule has 10 heteroatoms. The molecule has 0 aliphatic carbocycles. The van der Waals surface area contributed by atoms with Crippen LogP contribution < -0.4 is 34.9 Å². The summed E-state index contributed by atoms with van der Waals surface area (Å²) < 4.78 is 48.2. The van der Waals surface area contributed by atoms with Crippen LogP contribution in [0.4, 0.5) is 4.79 Å². The van der Waals surface area contributed by atoms with E-state index in [9.17, 15) is 17.8 Å². The molecule has 0 aliphatic heterocycles. The van der Waals surface area contributed by atoms with Crippen LogP contribution in [0.5, 0.6) is 0 Å². The molecule has 0 saturated heterocycles. The Bertz CT molecular complexity index is 462. The van der Waals surface area contributed by atoms with E-state index in [4.69, 9.17) is 14.2 Å². The van der Waals surface area contributed by atoms with Crippen molar-refractivity contribution in [3.63, 3.8) is 0 Å². The summed E-state index contributed by atoms with van der Waals surface area (Å²) >= 11 is 0. The van der Waals surface area contributed by atoms with E-state index in [2.05, 4.69) is 19.2 Å². The summed E-state index contributed by atoms with van der Waals surface area (Å²) in [6.07, 6.45) is 5.41. The Morgan fingerprint density at radius 1 is 1.00 bits per heavy atom. The standard InChI is InChI=1S/C17H35NO7S.Na/c1-4-6-8-12-24-17(3,25-13-9-7-5-2)15-23-16(19)18-11-10-14-26(20,21)22;/h4-15H2,1-3H3,(H,18,19)(H,20,21,22);/q;+1/p-1. The van der Waals surface area contributed by atoms with Gasteiger partial charge in [-0.15, -0.1) is 0 Å². The van der Waals surface area contributed by atoms with Gasteiger partial charge in [0.15, 0.2) is 5.79 Å². The third-order valence-corrected chi connectivity index (χ3v) is 4.41. The van der Waals surface area contributed by atoms with E-state index in [1.54, 1.807) is 6.92 Å². The molecule has 27 heavy (non-hydrogen) atoms. The van der Waals surface area contributed by atoms with E-state index in [-0.39, 0.29) is 49.1 Å². The van der Waals surface area contributed by atoms with Crippen molar-refractivity contribution in [2.45, 2.75) is 71.5 Å².